The van der Waals surface area contributed by atoms with E-state index >= 15 is 0 Å². The Bertz CT molecular complexity index is 90.4. The summed E-state index contributed by atoms with van der Waals surface area (Å²) in [5.74, 6) is 0. The standard InChI is InChI=1S/C8H17BrO3/c1-2-3-11-4-5-12-7-8(10)6-9/h8,10H,2-7H2,1H3. The van der Waals surface area contributed by atoms with E-state index in [1.807, 2.05) is 0 Å². The van der Waals surface area contributed by atoms with Gasteiger partial charge in [-0.25, -0.2) is 0 Å². The summed E-state index contributed by atoms with van der Waals surface area (Å²) in [6.07, 6.45) is 0.625. The van der Waals surface area contributed by atoms with Crippen LogP contribution >= 0.6 is 15.9 Å². The molecule has 1 atom stereocenters. The van der Waals surface area contributed by atoms with E-state index in [2.05, 4.69) is 22.9 Å². The number of alkyl halides is 1. The highest BCUT2D eigenvalue weighted by atomic mass is 79.9. The van der Waals surface area contributed by atoms with Crippen LogP contribution in [-0.4, -0.2) is 43.0 Å². The van der Waals surface area contributed by atoms with Crippen molar-refractivity contribution in [3.63, 3.8) is 0 Å². The van der Waals surface area contributed by atoms with Crippen molar-refractivity contribution in [3.8, 4) is 0 Å². The largest absolute Gasteiger partial charge is 0.390 e. The molecular weight excluding hydrogens is 224 g/mol. The van der Waals surface area contributed by atoms with Crippen LogP contribution in [0.5, 0.6) is 0 Å². The molecule has 0 saturated heterocycles. The van der Waals surface area contributed by atoms with E-state index in [1.54, 1.807) is 0 Å². The number of aliphatic hydroxyl groups excluding tert-OH is 1. The van der Waals surface area contributed by atoms with Crippen LogP contribution in [0.3, 0.4) is 0 Å². The first kappa shape index (κ1) is 12.4. The first-order valence-electron chi connectivity index (χ1n) is 4.20. The third kappa shape index (κ3) is 8.46. The van der Waals surface area contributed by atoms with Crippen molar-refractivity contribution in [1.29, 1.82) is 0 Å². The highest BCUT2D eigenvalue weighted by Gasteiger charge is 1.99. The lowest BCUT2D eigenvalue weighted by atomic mass is 10.4. The van der Waals surface area contributed by atoms with E-state index in [0.29, 0.717) is 25.2 Å². The molecule has 0 aromatic carbocycles. The number of rotatable bonds is 8. The molecule has 4 heteroatoms. The van der Waals surface area contributed by atoms with E-state index in [4.69, 9.17) is 14.6 Å². The summed E-state index contributed by atoms with van der Waals surface area (Å²) in [5, 5.41) is 9.61. The van der Waals surface area contributed by atoms with Crippen LogP contribution in [-0.2, 0) is 9.47 Å². The van der Waals surface area contributed by atoms with Gasteiger partial charge in [-0.1, -0.05) is 22.9 Å². The zero-order valence-corrected chi connectivity index (χ0v) is 9.05. The van der Waals surface area contributed by atoms with Crippen molar-refractivity contribution in [2.45, 2.75) is 19.4 Å². The van der Waals surface area contributed by atoms with E-state index in [1.165, 1.54) is 0 Å². The Hall–Kier alpha value is 0.360. The average molecular weight is 241 g/mol. The Morgan fingerprint density at radius 2 is 1.92 bits per heavy atom. The van der Waals surface area contributed by atoms with Crippen LogP contribution in [0.1, 0.15) is 13.3 Å². The highest BCUT2D eigenvalue weighted by molar-refractivity contribution is 9.09. The molecule has 12 heavy (non-hydrogen) atoms. The number of halogens is 1. The van der Waals surface area contributed by atoms with Crippen molar-refractivity contribution in [2.24, 2.45) is 0 Å². The van der Waals surface area contributed by atoms with Crippen LogP contribution in [0.4, 0.5) is 0 Å². The summed E-state index contributed by atoms with van der Waals surface area (Å²) < 4.78 is 10.3. The maximum absolute atomic E-state index is 9.05. The molecule has 0 heterocycles. The van der Waals surface area contributed by atoms with E-state index in [9.17, 15) is 0 Å². The predicted octanol–water partition coefficient (Wildman–Crippen LogP) is 1.19. The molecule has 0 aliphatic rings. The molecule has 0 rings (SSSR count). The van der Waals surface area contributed by atoms with Crippen molar-refractivity contribution in [1.82, 2.24) is 0 Å². The van der Waals surface area contributed by atoms with Gasteiger partial charge in [-0.3, -0.25) is 0 Å². The molecule has 0 bridgehead atoms. The first-order chi connectivity index (χ1) is 5.81. The molecule has 0 fully saturated rings. The first-order valence-corrected chi connectivity index (χ1v) is 5.33. The van der Waals surface area contributed by atoms with Crippen molar-refractivity contribution in [3.05, 3.63) is 0 Å². The molecule has 1 N–H and O–H groups in total. The van der Waals surface area contributed by atoms with E-state index in [-0.39, 0.29) is 0 Å². The molecule has 0 amide bonds. The molecule has 1 unspecified atom stereocenters. The van der Waals surface area contributed by atoms with Crippen LogP contribution < -0.4 is 0 Å². The minimum atomic E-state index is -0.406. The third-order valence-electron chi connectivity index (χ3n) is 1.21. The van der Waals surface area contributed by atoms with Gasteiger partial charge in [0.25, 0.3) is 0 Å². The number of aliphatic hydroxyl groups is 1. The fraction of sp³-hybridized carbons (Fsp3) is 1.00. The van der Waals surface area contributed by atoms with Crippen LogP contribution in [0.25, 0.3) is 0 Å². The topological polar surface area (TPSA) is 38.7 Å². The normalized spacial score (nSPS) is 13.2. The summed E-state index contributed by atoms with van der Waals surface area (Å²) in [4.78, 5) is 0. The monoisotopic (exact) mass is 240 g/mol. The third-order valence-corrected chi connectivity index (χ3v) is 1.96. The number of ether oxygens (including phenoxy) is 2. The van der Waals surface area contributed by atoms with Crippen molar-refractivity contribution >= 4 is 15.9 Å². The second-order valence-corrected chi connectivity index (χ2v) is 3.14. The summed E-state index contributed by atoms with van der Waals surface area (Å²) in [5.41, 5.74) is 0. The zero-order valence-electron chi connectivity index (χ0n) is 7.46. The van der Waals surface area contributed by atoms with Gasteiger partial charge in [-0.05, 0) is 6.42 Å². The maximum Gasteiger partial charge on any atom is 0.0870 e. The number of hydrogen-bond acceptors (Lipinski definition) is 3. The fourth-order valence-electron chi connectivity index (χ4n) is 0.628. The SMILES string of the molecule is CCCOCCOCC(O)CBr. The summed E-state index contributed by atoms with van der Waals surface area (Å²) in [7, 11) is 0. The van der Waals surface area contributed by atoms with Gasteiger partial charge in [-0.2, -0.15) is 0 Å². The maximum atomic E-state index is 9.05. The van der Waals surface area contributed by atoms with Gasteiger partial charge >= 0.3 is 0 Å². The van der Waals surface area contributed by atoms with Crippen LogP contribution in [0, 0.1) is 0 Å². The molecule has 0 radical (unpaired) electrons. The summed E-state index contributed by atoms with van der Waals surface area (Å²) >= 11 is 3.15. The minimum absolute atomic E-state index is 0.376. The summed E-state index contributed by atoms with van der Waals surface area (Å²) in [6.45, 7) is 4.40. The predicted molar refractivity (Wildman–Crippen MR) is 51.7 cm³/mol. The van der Waals surface area contributed by atoms with Gasteiger partial charge in [0.15, 0.2) is 0 Å². The Morgan fingerprint density at radius 3 is 2.50 bits per heavy atom. The Kier molecular flexibility index (Phi) is 9.73. The minimum Gasteiger partial charge on any atom is -0.390 e. The smallest absolute Gasteiger partial charge is 0.0870 e. The average Bonchev–Trinajstić information content (AvgIpc) is 2.10. The number of hydrogen-bond donors (Lipinski definition) is 1. The van der Waals surface area contributed by atoms with E-state index < -0.39 is 6.10 Å². The Labute approximate surface area is 82.2 Å². The highest BCUT2D eigenvalue weighted by Crippen LogP contribution is 1.91. The van der Waals surface area contributed by atoms with Gasteiger partial charge in [0, 0.05) is 11.9 Å². The van der Waals surface area contributed by atoms with Crippen molar-refractivity contribution < 1.29 is 14.6 Å². The lowest BCUT2D eigenvalue weighted by molar-refractivity contribution is 0.0114. The zero-order chi connectivity index (χ0) is 9.23. The Morgan fingerprint density at radius 1 is 1.25 bits per heavy atom. The van der Waals surface area contributed by atoms with Gasteiger partial charge < -0.3 is 14.6 Å². The van der Waals surface area contributed by atoms with Gasteiger partial charge in [0.1, 0.15) is 0 Å². The molecule has 0 aromatic heterocycles. The lowest BCUT2D eigenvalue weighted by Crippen LogP contribution is -2.18. The second kappa shape index (κ2) is 9.45. The molecule has 0 aliphatic heterocycles. The van der Waals surface area contributed by atoms with Crippen LogP contribution in [0.2, 0.25) is 0 Å². The molecule has 0 aromatic rings. The fourth-order valence-corrected chi connectivity index (χ4v) is 0.815. The molecule has 3 nitrogen and oxygen atoms in total. The Balaban J connectivity index is 2.90. The molecule has 0 spiro atoms. The van der Waals surface area contributed by atoms with E-state index in [0.717, 1.165) is 13.0 Å². The molecule has 0 aliphatic carbocycles. The summed E-state index contributed by atoms with van der Waals surface area (Å²) in [6, 6.07) is 0. The second-order valence-electron chi connectivity index (χ2n) is 2.50. The molecule has 74 valence electrons. The van der Waals surface area contributed by atoms with Crippen LogP contribution in [0.15, 0.2) is 0 Å². The van der Waals surface area contributed by atoms with Gasteiger partial charge in [0.05, 0.1) is 25.9 Å². The molecule has 0 saturated carbocycles. The van der Waals surface area contributed by atoms with Gasteiger partial charge in [-0.15, -0.1) is 0 Å². The molecular formula is C8H17BrO3. The van der Waals surface area contributed by atoms with Crippen molar-refractivity contribution in [2.75, 3.05) is 31.8 Å². The quantitative estimate of drug-likeness (QED) is 0.512. The lowest BCUT2D eigenvalue weighted by Gasteiger charge is -2.07. The van der Waals surface area contributed by atoms with Gasteiger partial charge in [0.2, 0.25) is 0 Å².